The predicted octanol–water partition coefficient (Wildman–Crippen LogP) is 5.56. The van der Waals surface area contributed by atoms with Gasteiger partial charge in [0.05, 0.1) is 7.14 Å². The number of ether oxygens (including phenoxy) is 1. The summed E-state index contributed by atoms with van der Waals surface area (Å²) in [5.74, 6) is 1.88. The second kappa shape index (κ2) is 6.23. The van der Waals surface area contributed by atoms with Crippen LogP contribution >= 0.6 is 45.2 Å². The van der Waals surface area contributed by atoms with Crippen molar-refractivity contribution in [2.24, 2.45) is 0 Å². The Bertz CT molecular complexity index is 564. The van der Waals surface area contributed by atoms with Crippen molar-refractivity contribution in [2.45, 2.75) is 20.3 Å². The highest BCUT2D eigenvalue weighted by Crippen LogP contribution is 2.32. The lowest BCUT2D eigenvalue weighted by Crippen LogP contribution is -1.94. The Labute approximate surface area is 135 Å². The number of hydrogen-bond acceptors (Lipinski definition) is 1. The number of hydrogen-bond donors (Lipinski definition) is 0. The maximum Gasteiger partial charge on any atom is 0.141 e. The highest BCUT2D eigenvalue weighted by atomic mass is 127. The Kier molecular flexibility index (Phi) is 4.89. The fourth-order valence-corrected chi connectivity index (χ4v) is 3.01. The summed E-state index contributed by atoms with van der Waals surface area (Å²) in [6.07, 6.45) is 1.03. The van der Waals surface area contributed by atoms with Crippen molar-refractivity contribution >= 4 is 45.2 Å². The molecule has 2 aromatic carbocycles. The Hall–Kier alpha value is -0.300. The van der Waals surface area contributed by atoms with Gasteiger partial charge in [-0.05, 0) is 87.9 Å². The fourth-order valence-electron chi connectivity index (χ4n) is 1.72. The fraction of sp³-hybridized carbons (Fsp3) is 0.200. The van der Waals surface area contributed by atoms with Crippen LogP contribution in [0, 0.1) is 14.1 Å². The van der Waals surface area contributed by atoms with E-state index in [4.69, 9.17) is 4.74 Å². The SMILES string of the molecule is CCc1cccc(Oc2cc(C)ccc2I)c1I. The van der Waals surface area contributed by atoms with Gasteiger partial charge in [0, 0.05) is 0 Å². The first-order valence-electron chi connectivity index (χ1n) is 5.83. The molecule has 18 heavy (non-hydrogen) atoms. The minimum atomic E-state index is 0.932. The number of benzene rings is 2. The van der Waals surface area contributed by atoms with Crippen molar-refractivity contribution < 1.29 is 4.74 Å². The van der Waals surface area contributed by atoms with Crippen LogP contribution in [0.25, 0.3) is 0 Å². The molecule has 0 amide bonds. The predicted molar refractivity (Wildman–Crippen MR) is 92.5 cm³/mol. The van der Waals surface area contributed by atoms with Crippen LogP contribution in [-0.2, 0) is 6.42 Å². The summed E-state index contributed by atoms with van der Waals surface area (Å²) < 4.78 is 8.39. The van der Waals surface area contributed by atoms with Crippen molar-refractivity contribution in [3.63, 3.8) is 0 Å². The molecule has 0 N–H and O–H groups in total. The van der Waals surface area contributed by atoms with E-state index in [1.165, 1.54) is 14.7 Å². The molecule has 2 aromatic rings. The molecule has 0 aliphatic heterocycles. The van der Waals surface area contributed by atoms with E-state index in [2.05, 4.69) is 89.4 Å². The van der Waals surface area contributed by atoms with Gasteiger partial charge in [-0.25, -0.2) is 0 Å². The van der Waals surface area contributed by atoms with Gasteiger partial charge in [0.25, 0.3) is 0 Å². The lowest BCUT2D eigenvalue weighted by atomic mass is 10.1. The minimum absolute atomic E-state index is 0.932. The highest BCUT2D eigenvalue weighted by molar-refractivity contribution is 14.1. The second-order valence-electron chi connectivity index (χ2n) is 4.12. The summed E-state index contributed by atoms with van der Waals surface area (Å²) in [5, 5.41) is 0. The van der Waals surface area contributed by atoms with E-state index in [1.807, 2.05) is 6.07 Å². The van der Waals surface area contributed by atoms with Crippen LogP contribution in [-0.4, -0.2) is 0 Å². The molecule has 0 aliphatic carbocycles. The summed E-state index contributed by atoms with van der Waals surface area (Å²) >= 11 is 4.67. The monoisotopic (exact) mass is 464 g/mol. The van der Waals surface area contributed by atoms with Gasteiger partial charge in [0.15, 0.2) is 0 Å². The molecule has 2 rings (SSSR count). The first kappa shape index (κ1) is 14.1. The average Bonchev–Trinajstić information content (AvgIpc) is 2.36. The van der Waals surface area contributed by atoms with Crippen molar-refractivity contribution in [3.8, 4) is 11.5 Å². The standard InChI is InChI=1S/C15H14I2O/c1-3-11-5-4-6-13(15(11)17)18-14-9-10(2)7-8-12(14)16/h4-9H,3H2,1-2H3. The molecule has 0 aliphatic rings. The third-order valence-corrected chi connectivity index (χ3v) is 4.85. The van der Waals surface area contributed by atoms with Crippen LogP contribution in [0.4, 0.5) is 0 Å². The van der Waals surface area contributed by atoms with Crippen molar-refractivity contribution in [2.75, 3.05) is 0 Å². The number of aryl methyl sites for hydroxylation is 2. The molecule has 0 radical (unpaired) electrons. The lowest BCUT2D eigenvalue weighted by molar-refractivity contribution is 0.474. The topological polar surface area (TPSA) is 9.23 Å². The molecule has 1 nitrogen and oxygen atoms in total. The van der Waals surface area contributed by atoms with Gasteiger partial charge < -0.3 is 4.74 Å². The van der Waals surface area contributed by atoms with Gasteiger partial charge in [0.1, 0.15) is 11.5 Å². The molecule has 94 valence electrons. The number of rotatable bonds is 3. The van der Waals surface area contributed by atoms with Crippen LogP contribution in [0.3, 0.4) is 0 Å². The third kappa shape index (κ3) is 3.17. The Morgan fingerprint density at radius 1 is 1.06 bits per heavy atom. The molecule has 0 saturated carbocycles. The summed E-state index contributed by atoms with van der Waals surface area (Å²) in [7, 11) is 0. The summed E-state index contributed by atoms with van der Waals surface area (Å²) in [4.78, 5) is 0. The average molecular weight is 464 g/mol. The highest BCUT2D eigenvalue weighted by Gasteiger charge is 2.08. The molecule has 3 heteroatoms. The quantitative estimate of drug-likeness (QED) is 0.541. The van der Waals surface area contributed by atoms with Crippen LogP contribution < -0.4 is 4.74 Å². The summed E-state index contributed by atoms with van der Waals surface area (Å²) in [6, 6.07) is 12.5. The molecule has 0 unspecified atom stereocenters. The number of halogens is 2. The van der Waals surface area contributed by atoms with E-state index in [9.17, 15) is 0 Å². The zero-order valence-electron chi connectivity index (χ0n) is 10.3. The molecule has 0 heterocycles. The van der Waals surface area contributed by atoms with Gasteiger partial charge in [-0.3, -0.25) is 0 Å². The lowest BCUT2D eigenvalue weighted by Gasteiger charge is -2.12. The van der Waals surface area contributed by atoms with E-state index in [-0.39, 0.29) is 0 Å². The third-order valence-electron chi connectivity index (χ3n) is 2.73. The van der Waals surface area contributed by atoms with Crippen LogP contribution in [0.2, 0.25) is 0 Å². The van der Waals surface area contributed by atoms with Crippen molar-refractivity contribution in [1.82, 2.24) is 0 Å². The Morgan fingerprint density at radius 2 is 1.83 bits per heavy atom. The summed E-state index contributed by atoms with van der Waals surface area (Å²) in [6.45, 7) is 4.24. The van der Waals surface area contributed by atoms with Gasteiger partial charge in [-0.2, -0.15) is 0 Å². The first-order chi connectivity index (χ1) is 8.61. The van der Waals surface area contributed by atoms with Gasteiger partial charge >= 0.3 is 0 Å². The van der Waals surface area contributed by atoms with Crippen molar-refractivity contribution in [3.05, 3.63) is 54.7 Å². The molecule has 0 atom stereocenters. The molecule has 0 saturated heterocycles. The molecule has 0 spiro atoms. The maximum atomic E-state index is 6.05. The molecular weight excluding hydrogens is 450 g/mol. The van der Waals surface area contributed by atoms with Crippen LogP contribution in [0.5, 0.6) is 11.5 Å². The minimum Gasteiger partial charge on any atom is -0.455 e. The van der Waals surface area contributed by atoms with E-state index < -0.39 is 0 Å². The van der Waals surface area contributed by atoms with Gasteiger partial charge in [0.2, 0.25) is 0 Å². The molecule has 0 aromatic heterocycles. The largest absolute Gasteiger partial charge is 0.455 e. The first-order valence-corrected chi connectivity index (χ1v) is 7.99. The Morgan fingerprint density at radius 3 is 2.56 bits per heavy atom. The zero-order chi connectivity index (χ0) is 13.1. The van der Waals surface area contributed by atoms with Crippen LogP contribution in [0.15, 0.2) is 36.4 Å². The summed E-state index contributed by atoms with van der Waals surface area (Å²) in [5.41, 5.74) is 2.54. The van der Waals surface area contributed by atoms with E-state index in [1.54, 1.807) is 0 Å². The Balaban J connectivity index is 2.37. The maximum absolute atomic E-state index is 6.05. The van der Waals surface area contributed by atoms with Crippen LogP contribution in [0.1, 0.15) is 18.1 Å². The normalized spacial score (nSPS) is 10.4. The second-order valence-corrected chi connectivity index (χ2v) is 6.36. The molecular formula is C15H14I2O. The van der Waals surface area contributed by atoms with E-state index >= 15 is 0 Å². The van der Waals surface area contributed by atoms with Gasteiger partial charge in [-0.1, -0.05) is 25.1 Å². The molecule has 0 bridgehead atoms. The zero-order valence-corrected chi connectivity index (χ0v) is 14.7. The van der Waals surface area contributed by atoms with E-state index in [0.29, 0.717) is 0 Å². The van der Waals surface area contributed by atoms with Gasteiger partial charge in [-0.15, -0.1) is 0 Å². The smallest absolute Gasteiger partial charge is 0.141 e. The van der Waals surface area contributed by atoms with E-state index in [0.717, 1.165) is 21.5 Å². The molecule has 0 fully saturated rings. The van der Waals surface area contributed by atoms with Crippen molar-refractivity contribution in [1.29, 1.82) is 0 Å².